The van der Waals surface area contributed by atoms with Crippen LogP contribution >= 0.6 is 0 Å². The van der Waals surface area contributed by atoms with Crippen molar-refractivity contribution in [3.63, 3.8) is 0 Å². The number of aromatic nitrogens is 2. The Bertz CT molecular complexity index is 532. The van der Waals surface area contributed by atoms with Crippen LogP contribution in [-0.4, -0.2) is 4.57 Å². The molecular formula is C15H19BrN2. The fourth-order valence-corrected chi connectivity index (χ4v) is 2.36. The lowest BCUT2D eigenvalue weighted by atomic mass is 10.1. The normalized spacial score (nSPS) is 9.94. The van der Waals surface area contributed by atoms with E-state index in [2.05, 4.69) is 67.3 Å². The van der Waals surface area contributed by atoms with Crippen LogP contribution in [0.15, 0.2) is 43.5 Å². The SMILES string of the molecule is C=CC[n+]1ccn(-c2c(C)cc(C)cc2C)c1.[Br-]. The molecule has 1 heterocycles. The minimum absolute atomic E-state index is 0. The van der Waals surface area contributed by atoms with Crippen molar-refractivity contribution >= 4 is 0 Å². The molecule has 0 bridgehead atoms. The predicted octanol–water partition coefficient (Wildman–Crippen LogP) is -0.120. The first-order valence-corrected chi connectivity index (χ1v) is 5.88. The highest BCUT2D eigenvalue weighted by atomic mass is 79.9. The summed E-state index contributed by atoms with van der Waals surface area (Å²) < 4.78 is 4.29. The molecule has 0 aliphatic carbocycles. The molecule has 2 rings (SSSR count). The first-order chi connectivity index (χ1) is 8.11. The molecule has 96 valence electrons. The molecule has 0 saturated heterocycles. The minimum atomic E-state index is 0. The Kier molecular flexibility index (Phi) is 4.91. The Hall–Kier alpha value is -1.35. The standard InChI is InChI=1S/C15H19N2.BrH/c1-5-6-16-7-8-17(11-16)15-13(3)9-12(2)10-14(15)4;/h5,7-11H,1,6H2,2-4H3;1H/q+1;/p-1. The van der Waals surface area contributed by atoms with Crippen molar-refractivity contribution in [3.05, 3.63) is 60.2 Å². The summed E-state index contributed by atoms with van der Waals surface area (Å²) in [6, 6.07) is 4.44. The van der Waals surface area contributed by atoms with Gasteiger partial charge in [-0.25, -0.2) is 9.13 Å². The Morgan fingerprint density at radius 2 is 1.83 bits per heavy atom. The van der Waals surface area contributed by atoms with Crippen molar-refractivity contribution in [1.29, 1.82) is 0 Å². The van der Waals surface area contributed by atoms with Crippen LogP contribution in [0.2, 0.25) is 0 Å². The van der Waals surface area contributed by atoms with E-state index in [4.69, 9.17) is 0 Å². The smallest absolute Gasteiger partial charge is 0.249 e. The third-order valence-electron chi connectivity index (χ3n) is 2.92. The van der Waals surface area contributed by atoms with E-state index >= 15 is 0 Å². The molecule has 18 heavy (non-hydrogen) atoms. The number of nitrogens with zero attached hydrogens (tertiary/aromatic N) is 2. The van der Waals surface area contributed by atoms with E-state index in [1.54, 1.807) is 0 Å². The Morgan fingerprint density at radius 3 is 2.39 bits per heavy atom. The van der Waals surface area contributed by atoms with Crippen LogP contribution in [0.3, 0.4) is 0 Å². The first-order valence-electron chi connectivity index (χ1n) is 5.88. The monoisotopic (exact) mass is 306 g/mol. The van der Waals surface area contributed by atoms with Crippen molar-refractivity contribution in [2.45, 2.75) is 27.3 Å². The highest BCUT2D eigenvalue weighted by Crippen LogP contribution is 2.20. The van der Waals surface area contributed by atoms with E-state index in [0.29, 0.717) is 0 Å². The van der Waals surface area contributed by atoms with Crippen molar-refractivity contribution in [3.8, 4) is 5.69 Å². The molecule has 2 aromatic rings. The zero-order chi connectivity index (χ0) is 12.4. The van der Waals surface area contributed by atoms with E-state index < -0.39 is 0 Å². The summed E-state index contributed by atoms with van der Waals surface area (Å²) in [5.41, 5.74) is 5.21. The Morgan fingerprint density at radius 1 is 1.22 bits per heavy atom. The summed E-state index contributed by atoms with van der Waals surface area (Å²) in [4.78, 5) is 0. The summed E-state index contributed by atoms with van der Waals surface area (Å²) in [7, 11) is 0. The summed E-state index contributed by atoms with van der Waals surface area (Å²) >= 11 is 0. The van der Waals surface area contributed by atoms with E-state index in [0.717, 1.165) is 6.54 Å². The topological polar surface area (TPSA) is 8.81 Å². The first kappa shape index (κ1) is 14.7. The molecule has 1 aromatic carbocycles. The van der Waals surface area contributed by atoms with Crippen LogP contribution in [0, 0.1) is 20.8 Å². The second-order valence-electron chi connectivity index (χ2n) is 4.55. The van der Waals surface area contributed by atoms with E-state index in [9.17, 15) is 0 Å². The van der Waals surface area contributed by atoms with Crippen LogP contribution < -0.4 is 21.5 Å². The third kappa shape index (κ3) is 2.91. The Labute approximate surface area is 119 Å². The number of benzene rings is 1. The van der Waals surface area contributed by atoms with Crippen LogP contribution in [0.1, 0.15) is 16.7 Å². The van der Waals surface area contributed by atoms with E-state index in [-0.39, 0.29) is 17.0 Å². The average molecular weight is 307 g/mol. The molecule has 1 aromatic heterocycles. The van der Waals surface area contributed by atoms with Gasteiger partial charge in [0.2, 0.25) is 6.33 Å². The van der Waals surface area contributed by atoms with E-state index in [1.807, 2.05) is 6.08 Å². The lowest BCUT2D eigenvalue weighted by Gasteiger charge is -2.06. The van der Waals surface area contributed by atoms with Crippen LogP contribution in [0.4, 0.5) is 0 Å². The number of allylic oxidation sites excluding steroid dienone is 1. The fraction of sp³-hybridized carbons (Fsp3) is 0.267. The molecule has 0 spiro atoms. The van der Waals surface area contributed by atoms with Crippen molar-refractivity contribution in [2.75, 3.05) is 0 Å². The largest absolute Gasteiger partial charge is 1.00 e. The van der Waals surface area contributed by atoms with Crippen molar-refractivity contribution in [1.82, 2.24) is 4.57 Å². The maximum atomic E-state index is 3.75. The second kappa shape index (κ2) is 6.01. The molecule has 2 nitrogen and oxygen atoms in total. The van der Waals surface area contributed by atoms with Crippen molar-refractivity contribution < 1.29 is 21.5 Å². The van der Waals surface area contributed by atoms with Gasteiger partial charge in [-0.3, -0.25) is 0 Å². The van der Waals surface area contributed by atoms with Gasteiger partial charge in [0, 0.05) is 0 Å². The van der Waals surface area contributed by atoms with Gasteiger partial charge in [0.25, 0.3) is 0 Å². The summed E-state index contributed by atoms with van der Waals surface area (Å²) in [5, 5.41) is 0. The zero-order valence-corrected chi connectivity index (χ0v) is 12.7. The number of hydrogen-bond acceptors (Lipinski definition) is 0. The van der Waals surface area contributed by atoms with Gasteiger partial charge in [-0.15, -0.1) is 0 Å². The molecule has 0 fully saturated rings. The summed E-state index contributed by atoms with van der Waals surface area (Å²) in [6.07, 6.45) is 8.17. The van der Waals surface area contributed by atoms with Gasteiger partial charge in [-0.2, -0.15) is 0 Å². The van der Waals surface area contributed by atoms with E-state index in [1.165, 1.54) is 22.4 Å². The van der Waals surface area contributed by atoms with Gasteiger partial charge in [-0.05, 0) is 31.9 Å². The molecule has 0 amide bonds. The number of imidazole rings is 1. The fourth-order valence-electron chi connectivity index (χ4n) is 2.36. The third-order valence-corrected chi connectivity index (χ3v) is 2.92. The van der Waals surface area contributed by atoms with Gasteiger partial charge in [0.1, 0.15) is 24.6 Å². The maximum Gasteiger partial charge on any atom is 0.249 e. The molecule has 3 heteroatoms. The van der Waals surface area contributed by atoms with Gasteiger partial charge in [0.15, 0.2) is 0 Å². The number of rotatable bonds is 3. The summed E-state index contributed by atoms with van der Waals surface area (Å²) in [5.74, 6) is 0. The molecule has 0 atom stereocenters. The minimum Gasteiger partial charge on any atom is -1.00 e. The highest BCUT2D eigenvalue weighted by molar-refractivity contribution is 5.48. The lowest BCUT2D eigenvalue weighted by Crippen LogP contribution is -3.00. The van der Waals surface area contributed by atoms with Gasteiger partial charge in [0.05, 0.1) is 0 Å². The molecule has 0 aliphatic rings. The summed E-state index contributed by atoms with van der Waals surface area (Å²) in [6.45, 7) is 11.1. The Balaban J connectivity index is 0.00000162. The van der Waals surface area contributed by atoms with Crippen molar-refractivity contribution in [2.24, 2.45) is 0 Å². The molecule has 0 N–H and O–H groups in total. The molecule has 0 radical (unpaired) electrons. The number of hydrogen-bond donors (Lipinski definition) is 0. The van der Waals surface area contributed by atoms with Gasteiger partial charge >= 0.3 is 0 Å². The highest BCUT2D eigenvalue weighted by Gasteiger charge is 2.12. The molecular weight excluding hydrogens is 288 g/mol. The predicted molar refractivity (Wildman–Crippen MR) is 70.4 cm³/mol. The quantitative estimate of drug-likeness (QED) is 0.552. The number of halogens is 1. The van der Waals surface area contributed by atoms with Crippen LogP contribution in [-0.2, 0) is 6.54 Å². The van der Waals surface area contributed by atoms with Crippen LogP contribution in [0.5, 0.6) is 0 Å². The molecule has 0 aliphatic heterocycles. The van der Waals surface area contributed by atoms with Crippen LogP contribution in [0.25, 0.3) is 5.69 Å². The molecule has 0 saturated carbocycles. The molecule has 0 unspecified atom stereocenters. The van der Waals surface area contributed by atoms with Gasteiger partial charge < -0.3 is 17.0 Å². The average Bonchev–Trinajstić information content (AvgIpc) is 2.65. The maximum absolute atomic E-state index is 3.75. The zero-order valence-electron chi connectivity index (χ0n) is 11.2. The number of aryl methyl sites for hydroxylation is 3. The second-order valence-corrected chi connectivity index (χ2v) is 4.55. The van der Waals surface area contributed by atoms with Gasteiger partial charge in [-0.1, -0.05) is 30.4 Å². The lowest BCUT2D eigenvalue weighted by molar-refractivity contribution is -0.686.